The van der Waals surface area contributed by atoms with E-state index >= 15 is 0 Å². The molecular formula is C52H36N4O. The molecule has 0 amide bonds. The molecule has 10 aromatic rings. The third kappa shape index (κ3) is 6.21. The van der Waals surface area contributed by atoms with Crippen molar-refractivity contribution in [1.29, 1.82) is 0 Å². The van der Waals surface area contributed by atoms with Crippen LogP contribution in [-0.2, 0) is 6.54 Å². The molecule has 2 aromatic heterocycles. The van der Waals surface area contributed by atoms with Gasteiger partial charge in [-0.3, -0.25) is 4.99 Å². The van der Waals surface area contributed by atoms with Crippen LogP contribution in [0.25, 0.3) is 71.7 Å². The maximum Gasteiger partial charge on any atom is 0.161 e. The van der Waals surface area contributed by atoms with Crippen LogP contribution in [0.5, 0.6) is 0 Å². The van der Waals surface area contributed by atoms with Gasteiger partial charge in [0.15, 0.2) is 11.7 Å². The molecule has 0 atom stereocenters. The number of furan rings is 1. The highest BCUT2D eigenvalue weighted by Crippen LogP contribution is 2.41. The molecule has 2 heterocycles. The summed E-state index contributed by atoms with van der Waals surface area (Å²) in [7, 11) is 0. The van der Waals surface area contributed by atoms with Crippen molar-refractivity contribution in [2.45, 2.75) is 6.54 Å². The van der Waals surface area contributed by atoms with Crippen LogP contribution in [0.4, 0.5) is 0 Å². The Hall–Kier alpha value is -7.63. The number of nitrogens with zero attached hydrogens (tertiary/aromatic N) is 4. The molecule has 0 saturated carbocycles. The lowest BCUT2D eigenvalue weighted by molar-refractivity contribution is 0.671. The monoisotopic (exact) mass is 732 g/mol. The van der Waals surface area contributed by atoms with Crippen LogP contribution in [0.2, 0.25) is 0 Å². The van der Waals surface area contributed by atoms with E-state index in [1.165, 1.54) is 21.8 Å². The van der Waals surface area contributed by atoms with Gasteiger partial charge >= 0.3 is 0 Å². The predicted octanol–water partition coefficient (Wildman–Crippen LogP) is 13.1. The van der Waals surface area contributed by atoms with E-state index < -0.39 is 0 Å². The fraction of sp³-hybridized carbons (Fsp3) is 0.0192. The second kappa shape index (κ2) is 14.5. The molecule has 0 aliphatic heterocycles. The van der Waals surface area contributed by atoms with Gasteiger partial charge in [-0.2, -0.15) is 0 Å². The topological polar surface area (TPSA) is 55.1 Å². The molecule has 0 bridgehead atoms. The van der Waals surface area contributed by atoms with Crippen molar-refractivity contribution in [3.63, 3.8) is 0 Å². The molecule has 0 unspecified atom stereocenters. The molecule has 8 aromatic carbocycles. The number of rotatable bonds is 7. The van der Waals surface area contributed by atoms with Gasteiger partial charge in [0.2, 0.25) is 0 Å². The molecule has 5 nitrogen and oxygen atoms in total. The summed E-state index contributed by atoms with van der Waals surface area (Å²) in [5.41, 5.74) is 12.3. The van der Waals surface area contributed by atoms with E-state index in [2.05, 4.69) is 162 Å². The second-order valence-corrected chi connectivity index (χ2v) is 14.0. The van der Waals surface area contributed by atoms with E-state index in [-0.39, 0.29) is 0 Å². The van der Waals surface area contributed by atoms with E-state index in [0.29, 0.717) is 18.2 Å². The zero-order valence-electron chi connectivity index (χ0n) is 31.1. The van der Waals surface area contributed by atoms with Crippen LogP contribution >= 0.6 is 0 Å². The Morgan fingerprint density at radius 1 is 0.474 bits per heavy atom. The maximum absolute atomic E-state index is 6.91. The summed E-state index contributed by atoms with van der Waals surface area (Å²) in [5, 5.41) is 4.59. The third-order valence-corrected chi connectivity index (χ3v) is 10.6. The van der Waals surface area contributed by atoms with Crippen molar-refractivity contribution in [2.24, 2.45) is 15.0 Å². The van der Waals surface area contributed by atoms with E-state index in [0.717, 1.165) is 66.6 Å². The van der Waals surface area contributed by atoms with Gasteiger partial charge in [0.1, 0.15) is 11.2 Å². The van der Waals surface area contributed by atoms with Crippen molar-refractivity contribution >= 4 is 62.1 Å². The molecule has 0 saturated heterocycles. The second-order valence-electron chi connectivity index (χ2n) is 14.0. The summed E-state index contributed by atoms with van der Waals surface area (Å²) in [6, 6.07) is 67.2. The van der Waals surface area contributed by atoms with Gasteiger partial charge < -0.3 is 8.98 Å². The molecule has 0 aliphatic rings. The minimum absolute atomic E-state index is 0.489. The average molecular weight is 733 g/mol. The Bertz CT molecular complexity index is 3140. The first-order valence-corrected chi connectivity index (χ1v) is 19.1. The number of aromatic nitrogens is 1. The minimum atomic E-state index is 0.489. The largest absolute Gasteiger partial charge is 0.455 e. The number of benzene rings is 8. The summed E-state index contributed by atoms with van der Waals surface area (Å²) in [6.07, 6.45) is 0. The van der Waals surface area contributed by atoms with Crippen molar-refractivity contribution < 1.29 is 4.42 Å². The molecule has 5 heteroatoms. The molecule has 270 valence electrons. The van der Waals surface area contributed by atoms with Gasteiger partial charge in [-0.25, -0.2) is 9.98 Å². The summed E-state index contributed by atoms with van der Waals surface area (Å²) < 4.78 is 9.25. The number of hydrogen-bond acceptors (Lipinski definition) is 2. The number of para-hydroxylation sites is 4. The highest BCUT2D eigenvalue weighted by atomic mass is 16.3. The summed E-state index contributed by atoms with van der Waals surface area (Å²) in [6.45, 7) is 4.31. The quantitative estimate of drug-likeness (QED) is 0.119. The predicted molar refractivity (Wildman–Crippen MR) is 238 cm³/mol. The highest BCUT2D eigenvalue weighted by Gasteiger charge is 2.18. The Morgan fingerprint density at radius 2 is 1.04 bits per heavy atom. The lowest BCUT2D eigenvalue weighted by atomic mass is 9.98. The SMILES string of the molecule is C=NC(=NC(=NCc1ccccc1)c1ccc(-c2cccc3c2oc2c(-c4ccc5c(c4)c4ccccc4n5-c4ccccc4)cccc23)cc1)c1ccccc1. The first-order chi connectivity index (χ1) is 28.2. The van der Waals surface area contributed by atoms with Crippen LogP contribution in [0, 0.1) is 0 Å². The lowest BCUT2D eigenvalue weighted by Gasteiger charge is -2.08. The van der Waals surface area contributed by atoms with Crippen LogP contribution in [0.15, 0.2) is 214 Å². The van der Waals surface area contributed by atoms with Gasteiger partial charge in [0, 0.05) is 49.5 Å². The van der Waals surface area contributed by atoms with Crippen molar-refractivity contribution in [3.8, 4) is 27.9 Å². The normalized spacial score (nSPS) is 12.2. The number of amidine groups is 2. The summed E-state index contributed by atoms with van der Waals surface area (Å²) in [4.78, 5) is 14.2. The number of hydrogen-bond donors (Lipinski definition) is 0. The Kier molecular flexibility index (Phi) is 8.65. The Morgan fingerprint density at radius 3 is 1.74 bits per heavy atom. The zero-order valence-corrected chi connectivity index (χ0v) is 31.1. The molecule has 57 heavy (non-hydrogen) atoms. The summed E-state index contributed by atoms with van der Waals surface area (Å²) in [5.74, 6) is 1.11. The first-order valence-electron chi connectivity index (χ1n) is 19.1. The van der Waals surface area contributed by atoms with Crippen LogP contribution in [-0.4, -0.2) is 23.0 Å². The zero-order chi connectivity index (χ0) is 38.1. The van der Waals surface area contributed by atoms with Crippen molar-refractivity contribution in [1.82, 2.24) is 4.57 Å². The molecular weight excluding hydrogens is 697 g/mol. The van der Waals surface area contributed by atoms with Crippen LogP contribution < -0.4 is 0 Å². The van der Waals surface area contributed by atoms with Gasteiger partial charge in [-0.15, -0.1) is 0 Å². The molecule has 10 rings (SSSR count). The number of aliphatic imine (C=N–C) groups is 3. The molecule has 0 aliphatic carbocycles. The third-order valence-electron chi connectivity index (χ3n) is 10.6. The van der Waals surface area contributed by atoms with Crippen molar-refractivity contribution in [2.75, 3.05) is 0 Å². The maximum atomic E-state index is 6.91. The van der Waals surface area contributed by atoms with E-state index in [1.54, 1.807) is 0 Å². The lowest BCUT2D eigenvalue weighted by Crippen LogP contribution is -2.05. The fourth-order valence-electron chi connectivity index (χ4n) is 7.89. The molecule has 0 radical (unpaired) electrons. The highest BCUT2D eigenvalue weighted by molar-refractivity contribution is 6.16. The van der Waals surface area contributed by atoms with Gasteiger partial charge in [-0.05, 0) is 53.7 Å². The van der Waals surface area contributed by atoms with Gasteiger partial charge in [0.05, 0.1) is 17.6 Å². The van der Waals surface area contributed by atoms with Crippen molar-refractivity contribution in [3.05, 3.63) is 211 Å². The van der Waals surface area contributed by atoms with Gasteiger partial charge in [-0.1, -0.05) is 164 Å². The molecule has 0 N–H and O–H groups in total. The molecule has 0 spiro atoms. The van der Waals surface area contributed by atoms with Crippen LogP contribution in [0.1, 0.15) is 16.7 Å². The van der Waals surface area contributed by atoms with Gasteiger partial charge in [0.25, 0.3) is 0 Å². The Balaban J connectivity index is 1.05. The fourth-order valence-corrected chi connectivity index (χ4v) is 7.89. The average Bonchev–Trinajstić information content (AvgIpc) is 3.83. The Labute approximate surface area is 330 Å². The van der Waals surface area contributed by atoms with Crippen LogP contribution in [0.3, 0.4) is 0 Å². The smallest absolute Gasteiger partial charge is 0.161 e. The first kappa shape index (κ1) is 33.9. The van der Waals surface area contributed by atoms with E-state index in [9.17, 15) is 0 Å². The number of fused-ring (bicyclic) bond motifs is 6. The summed E-state index contributed by atoms with van der Waals surface area (Å²) >= 11 is 0. The minimum Gasteiger partial charge on any atom is -0.455 e. The van der Waals surface area contributed by atoms with E-state index in [4.69, 9.17) is 14.4 Å². The molecule has 0 fully saturated rings. The standard InChI is InChI=1S/C52H36N4O/c1-53-51(37-17-7-3-8-18-37)55-52(54-34-35-15-5-2-6-16-35)38-29-27-36(28-30-38)41-22-13-24-44-45-25-14-23-42(50(45)57-49(41)44)39-31-32-48-46(33-39)43-21-11-12-26-47(43)56(48)40-19-9-4-10-20-40/h2-33H,1,34H2. The van der Waals surface area contributed by atoms with E-state index in [1.807, 2.05) is 48.5 Å².